The Morgan fingerprint density at radius 1 is 1.21 bits per heavy atom. The Kier molecular flexibility index (Phi) is 3.95. The van der Waals surface area contributed by atoms with Gasteiger partial charge in [-0.05, 0) is 38.5 Å². The number of nitrogens with zero attached hydrogens (tertiary/aromatic N) is 2. The Hall–Kier alpha value is -1.75. The van der Waals surface area contributed by atoms with Crippen molar-refractivity contribution in [2.24, 2.45) is 0 Å². The number of aromatic nitrogens is 2. The lowest BCUT2D eigenvalue weighted by Crippen LogP contribution is -2.35. The molecule has 0 saturated carbocycles. The fourth-order valence-electron chi connectivity index (χ4n) is 1.59. The van der Waals surface area contributed by atoms with E-state index in [1.807, 2.05) is 6.07 Å². The van der Waals surface area contributed by atoms with Gasteiger partial charge >= 0.3 is 0 Å². The topological polar surface area (TPSA) is 51.0 Å². The maximum atomic E-state index is 13.1. The van der Waals surface area contributed by atoms with Gasteiger partial charge in [0.15, 0.2) is 0 Å². The normalized spacial score (nSPS) is 11.8. The highest BCUT2D eigenvalue weighted by Gasteiger charge is 2.12. The lowest BCUT2D eigenvalue weighted by Gasteiger charge is -2.18. The molecule has 2 rings (SSSR count). The molecule has 19 heavy (non-hydrogen) atoms. The molecule has 0 bridgehead atoms. The Morgan fingerprint density at radius 3 is 2.63 bits per heavy atom. The molecule has 2 aromatic rings. The second-order valence-electron chi connectivity index (χ2n) is 5.50. The van der Waals surface area contributed by atoms with Crippen LogP contribution in [0.3, 0.4) is 0 Å². The lowest BCUT2D eigenvalue weighted by atomic mass is 10.1. The van der Waals surface area contributed by atoms with E-state index in [1.165, 1.54) is 12.1 Å². The first-order chi connectivity index (χ1) is 8.92. The van der Waals surface area contributed by atoms with Crippen LogP contribution in [0, 0.1) is 5.82 Å². The van der Waals surface area contributed by atoms with Gasteiger partial charge in [0.2, 0.25) is 11.8 Å². The Morgan fingerprint density at radius 2 is 1.95 bits per heavy atom. The second-order valence-corrected chi connectivity index (χ2v) is 5.50. The molecule has 0 unspecified atom stereocenters. The van der Waals surface area contributed by atoms with Gasteiger partial charge in [-0.1, -0.05) is 12.1 Å². The highest BCUT2D eigenvalue weighted by Crippen LogP contribution is 2.10. The van der Waals surface area contributed by atoms with E-state index in [0.717, 1.165) is 5.56 Å². The standard InChI is InChI=1S/C14H18FN3O/c1-14(2,3)16-9-13-18-17-12(19-13)8-10-5-4-6-11(15)7-10/h4-7,16H,8-9H2,1-3H3. The van der Waals surface area contributed by atoms with Crippen molar-refractivity contribution in [2.75, 3.05) is 0 Å². The minimum Gasteiger partial charge on any atom is -0.424 e. The molecular formula is C14H18FN3O. The first kappa shape index (κ1) is 13.7. The van der Waals surface area contributed by atoms with E-state index >= 15 is 0 Å². The van der Waals surface area contributed by atoms with Crippen LogP contribution < -0.4 is 5.32 Å². The molecule has 0 aliphatic heterocycles. The largest absolute Gasteiger partial charge is 0.424 e. The van der Waals surface area contributed by atoms with Crippen molar-refractivity contribution in [3.63, 3.8) is 0 Å². The summed E-state index contributed by atoms with van der Waals surface area (Å²) in [5.74, 6) is 0.782. The van der Waals surface area contributed by atoms with E-state index < -0.39 is 0 Å². The van der Waals surface area contributed by atoms with Gasteiger partial charge in [0.05, 0.1) is 13.0 Å². The average Bonchev–Trinajstić information content (AvgIpc) is 2.73. The number of halogens is 1. The predicted octanol–water partition coefficient (Wildman–Crippen LogP) is 2.69. The van der Waals surface area contributed by atoms with Crippen molar-refractivity contribution in [1.82, 2.24) is 15.5 Å². The monoisotopic (exact) mass is 263 g/mol. The molecule has 1 aromatic carbocycles. The van der Waals surface area contributed by atoms with Crippen molar-refractivity contribution >= 4 is 0 Å². The summed E-state index contributed by atoms with van der Waals surface area (Å²) >= 11 is 0. The molecule has 0 aliphatic carbocycles. The fourth-order valence-corrected chi connectivity index (χ4v) is 1.59. The molecule has 0 spiro atoms. The number of rotatable bonds is 4. The molecule has 0 aliphatic rings. The highest BCUT2D eigenvalue weighted by atomic mass is 19.1. The zero-order valence-corrected chi connectivity index (χ0v) is 11.4. The van der Waals surface area contributed by atoms with Gasteiger partial charge in [-0.25, -0.2) is 4.39 Å². The summed E-state index contributed by atoms with van der Waals surface area (Å²) in [6.07, 6.45) is 0.445. The SMILES string of the molecule is CC(C)(C)NCc1nnc(Cc2cccc(F)c2)o1. The first-order valence-electron chi connectivity index (χ1n) is 6.23. The molecule has 0 atom stereocenters. The third kappa shape index (κ3) is 4.44. The van der Waals surface area contributed by atoms with Gasteiger partial charge in [0.1, 0.15) is 5.82 Å². The molecule has 0 amide bonds. The second kappa shape index (κ2) is 5.48. The third-order valence-electron chi connectivity index (χ3n) is 2.52. The molecule has 0 saturated heterocycles. The minimum absolute atomic E-state index is 0.00279. The van der Waals surface area contributed by atoms with Crippen LogP contribution in [0.1, 0.15) is 38.1 Å². The summed E-state index contributed by atoms with van der Waals surface area (Å²) in [6.45, 7) is 6.73. The molecular weight excluding hydrogens is 245 g/mol. The first-order valence-corrected chi connectivity index (χ1v) is 6.23. The van der Waals surface area contributed by atoms with Gasteiger partial charge in [-0.2, -0.15) is 0 Å². The van der Waals surface area contributed by atoms with Crippen molar-refractivity contribution in [2.45, 2.75) is 39.3 Å². The third-order valence-corrected chi connectivity index (χ3v) is 2.52. The van der Waals surface area contributed by atoms with E-state index in [9.17, 15) is 4.39 Å². The van der Waals surface area contributed by atoms with Crippen LogP contribution in [0.15, 0.2) is 28.7 Å². The van der Waals surface area contributed by atoms with E-state index in [-0.39, 0.29) is 11.4 Å². The summed E-state index contributed by atoms with van der Waals surface area (Å²) < 4.78 is 18.6. The zero-order valence-electron chi connectivity index (χ0n) is 11.4. The summed E-state index contributed by atoms with van der Waals surface area (Å²) in [5.41, 5.74) is 0.816. The maximum Gasteiger partial charge on any atom is 0.230 e. The molecule has 1 N–H and O–H groups in total. The average molecular weight is 263 g/mol. The van der Waals surface area contributed by atoms with Crippen molar-refractivity contribution in [3.05, 3.63) is 47.4 Å². The van der Waals surface area contributed by atoms with Crippen LogP contribution in [-0.4, -0.2) is 15.7 Å². The Balaban J connectivity index is 1.97. The minimum atomic E-state index is -0.258. The summed E-state index contributed by atoms with van der Waals surface area (Å²) in [6, 6.07) is 6.39. The number of nitrogens with one attached hydrogen (secondary N) is 1. The molecule has 4 nitrogen and oxygen atoms in total. The van der Waals surface area contributed by atoms with Crippen LogP contribution in [0.25, 0.3) is 0 Å². The van der Waals surface area contributed by atoms with E-state index in [4.69, 9.17) is 4.42 Å². The van der Waals surface area contributed by atoms with Crippen LogP contribution >= 0.6 is 0 Å². The summed E-state index contributed by atoms with van der Waals surface area (Å²) in [4.78, 5) is 0. The van der Waals surface area contributed by atoms with Gasteiger partial charge in [0, 0.05) is 5.54 Å². The Bertz CT molecular complexity index is 546. The van der Waals surface area contributed by atoms with E-state index in [0.29, 0.717) is 24.7 Å². The highest BCUT2D eigenvalue weighted by molar-refractivity contribution is 5.19. The van der Waals surface area contributed by atoms with E-state index in [2.05, 4.69) is 36.3 Å². The van der Waals surface area contributed by atoms with Gasteiger partial charge in [0.25, 0.3) is 0 Å². The number of hydrogen-bond acceptors (Lipinski definition) is 4. The van der Waals surface area contributed by atoms with Crippen molar-refractivity contribution in [3.8, 4) is 0 Å². The summed E-state index contributed by atoms with van der Waals surface area (Å²) in [5, 5.41) is 11.2. The van der Waals surface area contributed by atoms with Crippen LogP contribution in [0.4, 0.5) is 4.39 Å². The number of hydrogen-bond donors (Lipinski definition) is 1. The van der Waals surface area contributed by atoms with Crippen LogP contribution in [0.5, 0.6) is 0 Å². The molecule has 0 fully saturated rings. The van der Waals surface area contributed by atoms with Gasteiger partial charge in [-0.15, -0.1) is 10.2 Å². The molecule has 5 heteroatoms. The fraction of sp³-hybridized carbons (Fsp3) is 0.429. The van der Waals surface area contributed by atoms with Crippen LogP contribution in [-0.2, 0) is 13.0 Å². The predicted molar refractivity (Wildman–Crippen MR) is 70.1 cm³/mol. The quantitative estimate of drug-likeness (QED) is 0.921. The molecule has 102 valence electrons. The molecule has 1 heterocycles. The lowest BCUT2D eigenvalue weighted by molar-refractivity contribution is 0.372. The summed E-state index contributed by atoms with van der Waals surface area (Å²) in [7, 11) is 0. The van der Waals surface area contributed by atoms with Gasteiger partial charge in [-0.3, -0.25) is 0 Å². The Labute approximate surface area is 112 Å². The van der Waals surface area contributed by atoms with Crippen LogP contribution in [0.2, 0.25) is 0 Å². The van der Waals surface area contributed by atoms with Crippen molar-refractivity contribution < 1.29 is 8.81 Å². The zero-order chi connectivity index (χ0) is 13.9. The molecule has 0 radical (unpaired) electrons. The van der Waals surface area contributed by atoms with Crippen molar-refractivity contribution in [1.29, 1.82) is 0 Å². The van der Waals surface area contributed by atoms with E-state index in [1.54, 1.807) is 6.07 Å². The van der Waals surface area contributed by atoms with Gasteiger partial charge < -0.3 is 9.73 Å². The molecule has 1 aromatic heterocycles. The number of benzene rings is 1. The smallest absolute Gasteiger partial charge is 0.230 e. The maximum absolute atomic E-state index is 13.1.